The number of hydrogen-bond acceptors (Lipinski definition) is 5. The summed E-state index contributed by atoms with van der Waals surface area (Å²) >= 11 is 0. The third-order valence-corrected chi connectivity index (χ3v) is 9.96. The lowest BCUT2D eigenvalue weighted by atomic mass is 10.2. The summed E-state index contributed by atoms with van der Waals surface area (Å²) in [5, 5.41) is 0.0821. The highest BCUT2D eigenvalue weighted by Gasteiger charge is 2.38. The predicted molar refractivity (Wildman–Crippen MR) is 103 cm³/mol. The van der Waals surface area contributed by atoms with Gasteiger partial charge in [-0.05, 0) is 60.6 Å². The van der Waals surface area contributed by atoms with E-state index < -0.39 is 18.4 Å². The van der Waals surface area contributed by atoms with E-state index in [0.717, 1.165) is 0 Å². The molecule has 0 saturated heterocycles. The first-order chi connectivity index (χ1) is 11.4. The molecule has 0 bridgehead atoms. The number of benzene rings is 2. The highest BCUT2D eigenvalue weighted by molar-refractivity contribution is 7.87. The summed E-state index contributed by atoms with van der Waals surface area (Å²) in [7, 11) is -5.86. The second kappa shape index (κ2) is 6.72. The first-order valence-electron chi connectivity index (χ1n) is 8.00. The maximum atomic E-state index is 12.3. The molecular formula is C18H25NO4SSi. The van der Waals surface area contributed by atoms with Crippen molar-refractivity contribution in [3.8, 4) is 11.5 Å². The van der Waals surface area contributed by atoms with Crippen molar-refractivity contribution in [3.05, 3.63) is 48.5 Å². The molecule has 0 aromatic heterocycles. The van der Waals surface area contributed by atoms with Crippen molar-refractivity contribution >= 4 is 24.1 Å². The Bertz CT molecular complexity index is 840. The smallest absolute Gasteiger partial charge is 0.339 e. The fourth-order valence-corrected chi connectivity index (χ4v) is 3.87. The monoisotopic (exact) mass is 379 g/mol. The molecule has 0 fully saturated rings. The van der Waals surface area contributed by atoms with Gasteiger partial charge >= 0.3 is 10.1 Å². The first-order valence-corrected chi connectivity index (χ1v) is 12.3. The number of anilines is 1. The van der Waals surface area contributed by atoms with E-state index in [2.05, 4.69) is 33.9 Å². The highest BCUT2D eigenvalue weighted by Crippen LogP contribution is 2.37. The Labute approximate surface area is 151 Å². The quantitative estimate of drug-likeness (QED) is 0.472. The van der Waals surface area contributed by atoms with Gasteiger partial charge in [0, 0.05) is 5.69 Å². The Morgan fingerprint density at radius 1 is 0.960 bits per heavy atom. The summed E-state index contributed by atoms with van der Waals surface area (Å²) in [4.78, 5) is 0.0223. The normalized spacial score (nSPS) is 12.7. The van der Waals surface area contributed by atoms with Crippen LogP contribution in [0.1, 0.15) is 20.8 Å². The Balaban J connectivity index is 2.15. The molecule has 0 unspecified atom stereocenters. The van der Waals surface area contributed by atoms with E-state index in [1.807, 2.05) is 0 Å². The van der Waals surface area contributed by atoms with Gasteiger partial charge in [0.1, 0.15) is 16.4 Å². The minimum absolute atomic E-state index is 0.0223. The average molecular weight is 380 g/mol. The van der Waals surface area contributed by atoms with Crippen LogP contribution in [0.15, 0.2) is 53.4 Å². The van der Waals surface area contributed by atoms with Crippen molar-refractivity contribution in [1.29, 1.82) is 0 Å². The van der Waals surface area contributed by atoms with Crippen LogP contribution >= 0.6 is 0 Å². The summed E-state index contributed by atoms with van der Waals surface area (Å²) in [6.45, 7) is 10.8. The molecule has 2 rings (SSSR count). The Hall–Kier alpha value is -1.99. The summed E-state index contributed by atoms with van der Waals surface area (Å²) < 4.78 is 35.9. The molecule has 2 N–H and O–H groups in total. The molecule has 0 aliphatic rings. The van der Waals surface area contributed by atoms with Crippen LogP contribution in [0.5, 0.6) is 11.5 Å². The zero-order valence-corrected chi connectivity index (χ0v) is 17.1. The van der Waals surface area contributed by atoms with E-state index in [-0.39, 0.29) is 15.7 Å². The fraction of sp³-hybridized carbons (Fsp3) is 0.333. The van der Waals surface area contributed by atoms with Gasteiger partial charge in [-0.15, -0.1) is 0 Å². The highest BCUT2D eigenvalue weighted by atomic mass is 32.2. The van der Waals surface area contributed by atoms with Gasteiger partial charge in [0.05, 0.1) is 0 Å². The van der Waals surface area contributed by atoms with E-state index in [1.54, 1.807) is 36.4 Å². The van der Waals surface area contributed by atoms with Gasteiger partial charge in [0.15, 0.2) is 0 Å². The van der Waals surface area contributed by atoms with Crippen molar-refractivity contribution in [2.24, 2.45) is 0 Å². The SMILES string of the molecule is CC(C)(C)[Si](C)(C)Oc1ccc(OS(=O)(=O)c2cccc(N)c2)cc1. The van der Waals surface area contributed by atoms with Crippen LogP contribution in [-0.4, -0.2) is 16.7 Å². The van der Waals surface area contributed by atoms with Gasteiger partial charge in [-0.3, -0.25) is 0 Å². The van der Waals surface area contributed by atoms with Gasteiger partial charge in [-0.25, -0.2) is 0 Å². The molecule has 136 valence electrons. The molecule has 0 heterocycles. The van der Waals surface area contributed by atoms with Gasteiger partial charge < -0.3 is 14.3 Å². The van der Waals surface area contributed by atoms with Gasteiger partial charge in [0.2, 0.25) is 8.32 Å². The lowest BCUT2D eigenvalue weighted by Gasteiger charge is -2.36. The standard InChI is InChI=1S/C18H25NO4SSi/c1-18(2,3)25(4,5)23-16-11-9-15(10-12-16)22-24(20,21)17-8-6-7-14(19)13-17/h6-13H,19H2,1-5H3. The molecule has 0 radical (unpaired) electrons. The van der Waals surface area contributed by atoms with Crippen LogP contribution < -0.4 is 14.3 Å². The molecule has 0 aliphatic carbocycles. The van der Waals surface area contributed by atoms with Gasteiger partial charge in [-0.1, -0.05) is 26.8 Å². The summed E-state index contributed by atoms with van der Waals surface area (Å²) in [6, 6.07) is 12.6. The summed E-state index contributed by atoms with van der Waals surface area (Å²) in [6.07, 6.45) is 0. The maximum absolute atomic E-state index is 12.3. The van der Waals surface area contributed by atoms with E-state index in [4.69, 9.17) is 14.3 Å². The topological polar surface area (TPSA) is 78.6 Å². The molecule has 7 heteroatoms. The number of hydrogen-bond donors (Lipinski definition) is 1. The van der Waals surface area contributed by atoms with Gasteiger partial charge in [0.25, 0.3) is 0 Å². The lowest BCUT2D eigenvalue weighted by molar-refractivity contribution is 0.480. The zero-order chi connectivity index (χ0) is 18.9. The van der Waals surface area contributed by atoms with Crippen LogP contribution in [0.3, 0.4) is 0 Å². The minimum atomic E-state index is -3.92. The molecule has 0 spiro atoms. The number of rotatable bonds is 5. The molecular weight excluding hydrogens is 354 g/mol. The summed E-state index contributed by atoms with van der Waals surface area (Å²) in [5.41, 5.74) is 5.99. The van der Waals surface area contributed by atoms with Crippen LogP contribution in [0, 0.1) is 0 Å². The largest absolute Gasteiger partial charge is 0.543 e. The Kier molecular flexibility index (Phi) is 5.20. The van der Waals surface area contributed by atoms with E-state index in [9.17, 15) is 8.42 Å². The minimum Gasteiger partial charge on any atom is -0.543 e. The first kappa shape index (κ1) is 19.3. The fourth-order valence-electron chi connectivity index (χ4n) is 1.86. The Morgan fingerprint density at radius 3 is 2.04 bits per heavy atom. The number of nitrogen functional groups attached to an aromatic ring is 1. The van der Waals surface area contributed by atoms with E-state index >= 15 is 0 Å². The van der Waals surface area contributed by atoms with Crippen molar-refractivity contribution in [2.75, 3.05) is 5.73 Å². The Morgan fingerprint density at radius 2 is 1.52 bits per heavy atom. The molecule has 2 aromatic rings. The van der Waals surface area contributed by atoms with Crippen LogP contribution in [0.2, 0.25) is 18.1 Å². The molecule has 2 aromatic carbocycles. The number of nitrogens with two attached hydrogens (primary N) is 1. The van der Waals surface area contributed by atoms with Crippen LogP contribution in [0.4, 0.5) is 5.69 Å². The lowest BCUT2D eigenvalue weighted by Crippen LogP contribution is -2.43. The molecule has 25 heavy (non-hydrogen) atoms. The maximum Gasteiger partial charge on any atom is 0.339 e. The van der Waals surface area contributed by atoms with Crippen molar-refractivity contribution in [1.82, 2.24) is 0 Å². The zero-order valence-electron chi connectivity index (χ0n) is 15.2. The average Bonchev–Trinajstić information content (AvgIpc) is 2.47. The molecule has 0 saturated carbocycles. The van der Waals surface area contributed by atoms with Crippen LogP contribution in [-0.2, 0) is 10.1 Å². The van der Waals surface area contributed by atoms with Gasteiger partial charge in [-0.2, -0.15) is 8.42 Å². The molecule has 0 atom stereocenters. The van der Waals surface area contributed by atoms with E-state index in [0.29, 0.717) is 11.4 Å². The third kappa shape index (κ3) is 4.76. The second-order valence-electron chi connectivity index (χ2n) is 7.44. The van der Waals surface area contributed by atoms with E-state index in [1.165, 1.54) is 12.1 Å². The van der Waals surface area contributed by atoms with Crippen molar-refractivity contribution in [2.45, 2.75) is 43.8 Å². The third-order valence-electron chi connectivity index (χ3n) is 4.36. The second-order valence-corrected chi connectivity index (χ2v) is 13.7. The predicted octanol–water partition coefficient (Wildman–Crippen LogP) is 4.42. The molecule has 5 nitrogen and oxygen atoms in total. The van der Waals surface area contributed by atoms with Crippen LogP contribution in [0.25, 0.3) is 0 Å². The van der Waals surface area contributed by atoms with Crippen molar-refractivity contribution < 1.29 is 17.0 Å². The molecule has 0 aliphatic heterocycles. The summed E-state index contributed by atoms with van der Waals surface area (Å²) in [5.74, 6) is 0.935. The van der Waals surface area contributed by atoms with Crippen molar-refractivity contribution in [3.63, 3.8) is 0 Å². The molecule has 0 amide bonds.